The molecule has 0 radical (unpaired) electrons. The summed E-state index contributed by atoms with van der Waals surface area (Å²) < 4.78 is 14.3. The first kappa shape index (κ1) is 20.1. The van der Waals surface area contributed by atoms with Crippen LogP contribution in [0.2, 0.25) is 0 Å². The molecule has 3 aromatic heterocycles. The number of H-pyrrole nitrogens is 1. The number of nitriles is 1. The third-order valence-corrected chi connectivity index (χ3v) is 5.93. The monoisotopic (exact) mass is 427 g/mol. The zero-order valence-electron chi connectivity index (χ0n) is 17.9. The molecule has 1 atom stereocenters. The summed E-state index contributed by atoms with van der Waals surface area (Å²) in [7, 11) is 0. The molecular weight excluding hydrogens is 405 g/mol. The van der Waals surface area contributed by atoms with Crippen LogP contribution in [0.5, 0.6) is 0 Å². The molecule has 8 heteroatoms. The molecule has 1 aromatic carbocycles. The first-order valence-electron chi connectivity index (χ1n) is 10.4. The number of pyridine rings is 2. The minimum absolute atomic E-state index is 0.255. The molecule has 1 aliphatic rings. The number of nitrogens with two attached hydrogens (primary N) is 1. The number of hydrogen-bond donors (Lipinski definition) is 2. The summed E-state index contributed by atoms with van der Waals surface area (Å²) >= 11 is 0. The van der Waals surface area contributed by atoms with Gasteiger partial charge in [-0.3, -0.25) is 4.98 Å². The van der Waals surface area contributed by atoms with Gasteiger partial charge in [0.05, 0.1) is 28.4 Å². The molecule has 7 nitrogen and oxygen atoms in total. The number of aromatic amines is 1. The van der Waals surface area contributed by atoms with Crippen LogP contribution in [0.25, 0.3) is 33.7 Å². The average Bonchev–Trinajstić information content (AvgIpc) is 3.36. The molecule has 4 heterocycles. The molecule has 3 N–H and O–H groups in total. The van der Waals surface area contributed by atoms with Crippen LogP contribution in [-0.2, 0) is 0 Å². The van der Waals surface area contributed by atoms with Crippen LogP contribution < -0.4 is 10.6 Å². The molecule has 0 saturated carbocycles. The molecule has 0 spiro atoms. The maximum absolute atomic E-state index is 14.3. The molecular formula is C24H22FN7. The third kappa shape index (κ3) is 3.47. The van der Waals surface area contributed by atoms with Gasteiger partial charge < -0.3 is 15.6 Å². The van der Waals surface area contributed by atoms with Crippen molar-refractivity contribution in [3.05, 3.63) is 59.8 Å². The maximum Gasteiger partial charge on any atom is 0.178 e. The number of halogens is 1. The van der Waals surface area contributed by atoms with Crippen LogP contribution >= 0.6 is 0 Å². The first-order valence-corrected chi connectivity index (χ1v) is 10.4. The van der Waals surface area contributed by atoms with E-state index in [9.17, 15) is 9.65 Å². The maximum atomic E-state index is 14.3. The fourth-order valence-electron chi connectivity index (χ4n) is 4.33. The number of aryl methyl sites for hydroxylation is 1. The molecule has 1 fully saturated rings. The molecule has 160 valence electrons. The fourth-order valence-corrected chi connectivity index (χ4v) is 4.33. The largest absolute Gasteiger partial charge is 0.368 e. The zero-order chi connectivity index (χ0) is 22.5. The molecule has 0 unspecified atom stereocenters. The van der Waals surface area contributed by atoms with Crippen molar-refractivity contribution in [1.29, 1.82) is 5.26 Å². The Morgan fingerprint density at radius 1 is 1.25 bits per heavy atom. The van der Waals surface area contributed by atoms with Crippen molar-refractivity contribution in [2.45, 2.75) is 25.8 Å². The molecule has 1 saturated heterocycles. The Balaban J connectivity index is 1.76. The smallest absolute Gasteiger partial charge is 0.178 e. The summed E-state index contributed by atoms with van der Waals surface area (Å²) in [6.07, 6.45) is 6.01. The number of anilines is 1. The summed E-state index contributed by atoms with van der Waals surface area (Å²) in [6, 6.07) is 8.28. The van der Waals surface area contributed by atoms with Crippen LogP contribution in [-0.4, -0.2) is 38.6 Å². The van der Waals surface area contributed by atoms with Crippen LogP contribution in [0, 0.1) is 24.1 Å². The van der Waals surface area contributed by atoms with E-state index in [4.69, 9.17) is 10.7 Å². The van der Waals surface area contributed by atoms with E-state index in [2.05, 4.69) is 19.9 Å². The molecule has 0 aliphatic carbocycles. The van der Waals surface area contributed by atoms with Crippen molar-refractivity contribution in [3.63, 3.8) is 0 Å². The number of rotatable bonds is 3. The number of hydrogen-bond acceptors (Lipinski definition) is 6. The Bertz CT molecular complexity index is 1380. The SMILES string of the molecule is Cc1ccnc2nc(-c3cncc(-c4cc(F)cc(C#N)c4)c3N3CC[C@](C)(N)C3)[nH]c12. The van der Waals surface area contributed by atoms with Gasteiger partial charge in [0.1, 0.15) is 11.6 Å². The van der Waals surface area contributed by atoms with Gasteiger partial charge in [-0.2, -0.15) is 5.26 Å². The van der Waals surface area contributed by atoms with Crippen LogP contribution in [0.1, 0.15) is 24.5 Å². The second kappa shape index (κ2) is 7.39. The lowest BCUT2D eigenvalue weighted by atomic mass is 9.99. The normalized spacial score (nSPS) is 18.3. The van der Waals surface area contributed by atoms with Gasteiger partial charge in [-0.25, -0.2) is 14.4 Å². The van der Waals surface area contributed by atoms with Gasteiger partial charge in [0.2, 0.25) is 0 Å². The van der Waals surface area contributed by atoms with Gasteiger partial charge in [0, 0.05) is 42.8 Å². The van der Waals surface area contributed by atoms with Crippen LogP contribution in [0.15, 0.2) is 42.9 Å². The number of benzene rings is 1. The first-order chi connectivity index (χ1) is 15.3. The summed E-state index contributed by atoms with van der Waals surface area (Å²) in [5, 5.41) is 9.34. The highest BCUT2D eigenvalue weighted by atomic mass is 19.1. The Labute approximate surface area is 184 Å². The Hall–Kier alpha value is -3.83. The van der Waals surface area contributed by atoms with Gasteiger partial charge in [-0.15, -0.1) is 0 Å². The van der Waals surface area contributed by atoms with Crippen molar-refractivity contribution in [2.75, 3.05) is 18.0 Å². The predicted molar refractivity (Wildman–Crippen MR) is 121 cm³/mol. The highest BCUT2D eigenvalue weighted by molar-refractivity contribution is 5.91. The van der Waals surface area contributed by atoms with Crippen molar-refractivity contribution < 1.29 is 4.39 Å². The molecule has 5 rings (SSSR count). The van der Waals surface area contributed by atoms with E-state index in [1.807, 2.05) is 26.0 Å². The number of nitrogens with zero attached hydrogens (tertiary/aromatic N) is 5. The molecule has 0 amide bonds. The standard InChI is InChI=1S/C24H22FN7/c1-14-3-5-29-23-20(14)30-22(31-23)19-12-28-11-18(16-7-15(10-26)8-17(25)9-16)21(19)32-6-4-24(2,27)13-32/h3,5,7-9,11-12H,4,6,13,27H2,1-2H3,(H,29,30,31)/t24-/m0/s1. The summed E-state index contributed by atoms with van der Waals surface area (Å²) in [6.45, 7) is 5.40. The number of nitrogens with one attached hydrogen (secondary N) is 1. The van der Waals surface area contributed by atoms with Crippen molar-refractivity contribution >= 4 is 16.9 Å². The predicted octanol–water partition coefficient (Wildman–Crippen LogP) is 3.93. The lowest BCUT2D eigenvalue weighted by Crippen LogP contribution is -2.39. The molecule has 0 bridgehead atoms. The topological polar surface area (TPSA) is 108 Å². The van der Waals surface area contributed by atoms with Gasteiger partial charge >= 0.3 is 0 Å². The Kier molecular flexibility index (Phi) is 4.64. The highest BCUT2D eigenvalue weighted by Gasteiger charge is 2.33. The van der Waals surface area contributed by atoms with Gasteiger partial charge in [0.25, 0.3) is 0 Å². The highest BCUT2D eigenvalue weighted by Crippen LogP contribution is 2.41. The van der Waals surface area contributed by atoms with Crippen molar-refractivity contribution in [1.82, 2.24) is 19.9 Å². The van der Waals surface area contributed by atoms with Crippen molar-refractivity contribution in [3.8, 4) is 28.6 Å². The quantitative estimate of drug-likeness (QED) is 0.513. The second-order valence-electron chi connectivity index (χ2n) is 8.66. The lowest BCUT2D eigenvalue weighted by molar-refractivity contribution is 0.525. The van der Waals surface area contributed by atoms with E-state index in [0.717, 1.165) is 40.9 Å². The third-order valence-electron chi connectivity index (χ3n) is 5.93. The molecule has 1 aliphatic heterocycles. The lowest BCUT2D eigenvalue weighted by Gasteiger charge is -2.26. The number of fused-ring (bicyclic) bond motifs is 1. The minimum Gasteiger partial charge on any atom is -0.368 e. The number of imidazole rings is 1. The van der Waals surface area contributed by atoms with Crippen LogP contribution in [0.3, 0.4) is 0 Å². The van der Waals surface area contributed by atoms with Crippen LogP contribution in [0.4, 0.5) is 10.1 Å². The Morgan fingerprint density at radius 2 is 2.06 bits per heavy atom. The van der Waals surface area contributed by atoms with E-state index in [0.29, 0.717) is 23.6 Å². The second-order valence-corrected chi connectivity index (χ2v) is 8.66. The average molecular weight is 427 g/mol. The van der Waals surface area contributed by atoms with E-state index in [-0.39, 0.29) is 11.1 Å². The summed E-state index contributed by atoms with van der Waals surface area (Å²) in [5.74, 6) is 0.165. The van der Waals surface area contributed by atoms with Gasteiger partial charge in [-0.05, 0) is 55.7 Å². The number of aromatic nitrogens is 4. The van der Waals surface area contributed by atoms with Gasteiger partial charge in [-0.1, -0.05) is 0 Å². The van der Waals surface area contributed by atoms with Crippen molar-refractivity contribution in [2.24, 2.45) is 5.73 Å². The Morgan fingerprint density at radius 3 is 2.78 bits per heavy atom. The zero-order valence-corrected chi connectivity index (χ0v) is 17.9. The summed E-state index contributed by atoms with van der Waals surface area (Å²) in [4.78, 5) is 19.1. The van der Waals surface area contributed by atoms with E-state index < -0.39 is 5.82 Å². The van der Waals surface area contributed by atoms with Gasteiger partial charge in [0.15, 0.2) is 5.65 Å². The molecule has 32 heavy (non-hydrogen) atoms. The van der Waals surface area contributed by atoms with E-state index in [1.54, 1.807) is 24.7 Å². The fraction of sp³-hybridized carbons (Fsp3) is 0.250. The minimum atomic E-state index is -0.468. The molecule has 4 aromatic rings. The van der Waals surface area contributed by atoms with E-state index >= 15 is 0 Å². The summed E-state index contributed by atoms with van der Waals surface area (Å²) in [5.41, 5.74) is 11.8. The van der Waals surface area contributed by atoms with E-state index in [1.165, 1.54) is 12.1 Å².